The van der Waals surface area contributed by atoms with E-state index in [9.17, 15) is 19.5 Å². The minimum absolute atomic E-state index is 0.110. The van der Waals surface area contributed by atoms with Gasteiger partial charge >= 0.3 is 6.09 Å². The maximum Gasteiger partial charge on any atom is 0.408 e. The molecule has 0 aliphatic heterocycles. The predicted octanol–water partition coefficient (Wildman–Crippen LogP) is 3.47. The Kier molecular flexibility index (Phi) is 9.68. The molecule has 4 N–H and O–H groups in total. The fraction of sp³-hybridized carbons (Fsp3) is 0.444. The van der Waals surface area contributed by atoms with Gasteiger partial charge in [0.25, 0.3) is 0 Å². The zero-order valence-electron chi connectivity index (χ0n) is 21.2. The summed E-state index contributed by atoms with van der Waals surface area (Å²) in [7, 11) is 0. The van der Waals surface area contributed by atoms with Gasteiger partial charge < -0.3 is 25.8 Å². The number of phenolic OH excluding ortho intramolecular Hbond substituents is 1. The molecular weight excluding hydrogens is 446 g/mol. The zero-order valence-corrected chi connectivity index (χ0v) is 21.2. The Hall–Kier alpha value is -3.55. The van der Waals surface area contributed by atoms with E-state index >= 15 is 0 Å². The third-order valence-electron chi connectivity index (χ3n) is 5.61. The Labute approximate surface area is 207 Å². The van der Waals surface area contributed by atoms with Gasteiger partial charge in [-0.25, -0.2) is 4.79 Å². The van der Waals surface area contributed by atoms with E-state index in [1.54, 1.807) is 39.8 Å². The number of carbonyl (C=O) groups is 3. The lowest BCUT2D eigenvalue weighted by atomic mass is 9.99. The molecule has 0 aliphatic rings. The first kappa shape index (κ1) is 27.7. The summed E-state index contributed by atoms with van der Waals surface area (Å²) < 4.78 is 5.38. The second-order valence-corrected chi connectivity index (χ2v) is 9.71. The Morgan fingerprint density at radius 1 is 1.11 bits per heavy atom. The smallest absolute Gasteiger partial charge is 0.408 e. The van der Waals surface area contributed by atoms with Gasteiger partial charge in [0.15, 0.2) is 0 Å². The number of hydrogen-bond acceptors (Lipinski definition) is 5. The van der Waals surface area contributed by atoms with E-state index in [-0.39, 0.29) is 12.2 Å². The van der Waals surface area contributed by atoms with Gasteiger partial charge in [-0.05, 0) is 76.3 Å². The van der Waals surface area contributed by atoms with E-state index in [2.05, 4.69) is 5.32 Å². The third-order valence-corrected chi connectivity index (χ3v) is 5.61. The van der Waals surface area contributed by atoms with Crippen LogP contribution in [0.3, 0.4) is 0 Å². The quantitative estimate of drug-likeness (QED) is 0.478. The molecule has 0 aliphatic carbocycles. The summed E-state index contributed by atoms with van der Waals surface area (Å²) in [5.41, 5.74) is 7.48. The summed E-state index contributed by atoms with van der Waals surface area (Å²) in [6.07, 6.45) is 0.760. The van der Waals surface area contributed by atoms with Gasteiger partial charge in [0.05, 0.1) is 0 Å². The zero-order chi connectivity index (χ0) is 26.2. The summed E-state index contributed by atoms with van der Waals surface area (Å²) in [4.78, 5) is 39.8. The molecule has 8 nitrogen and oxygen atoms in total. The molecule has 0 spiro atoms. The molecule has 0 saturated carbocycles. The Morgan fingerprint density at radius 2 is 1.77 bits per heavy atom. The van der Waals surface area contributed by atoms with Crippen LogP contribution in [0.15, 0.2) is 48.5 Å². The Balaban J connectivity index is 2.28. The number of carbonyl (C=O) groups excluding carboxylic acids is 3. The number of aromatic hydroxyl groups is 1. The first-order valence-electron chi connectivity index (χ1n) is 11.8. The molecule has 0 radical (unpaired) electrons. The first-order chi connectivity index (χ1) is 16.4. The molecule has 190 valence electrons. The Morgan fingerprint density at radius 3 is 2.34 bits per heavy atom. The highest BCUT2D eigenvalue weighted by Crippen LogP contribution is 2.19. The van der Waals surface area contributed by atoms with Crippen molar-refractivity contribution < 1.29 is 24.2 Å². The number of phenols is 1. The summed E-state index contributed by atoms with van der Waals surface area (Å²) in [5, 5.41) is 12.4. The van der Waals surface area contributed by atoms with Crippen LogP contribution in [0.2, 0.25) is 0 Å². The first-order valence-corrected chi connectivity index (χ1v) is 11.8. The Bertz CT molecular complexity index is 1020. The van der Waals surface area contributed by atoms with Gasteiger partial charge in [0, 0.05) is 13.0 Å². The van der Waals surface area contributed by atoms with Crippen LogP contribution in [0.1, 0.15) is 50.8 Å². The highest BCUT2D eigenvalue weighted by Gasteiger charge is 2.32. The molecule has 0 heterocycles. The maximum atomic E-state index is 13.7. The van der Waals surface area contributed by atoms with Gasteiger partial charge in [-0.3, -0.25) is 9.59 Å². The maximum absolute atomic E-state index is 13.7. The van der Waals surface area contributed by atoms with Crippen LogP contribution in [0.25, 0.3) is 0 Å². The molecule has 2 atom stereocenters. The van der Waals surface area contributed by atoms with Gasteiger partial charge in [-0.15, -0.1) is 0 Å². The summed E-state index contributed by atoms with van der Waals surface area (Å²) in [5.74, 6) is -0.947. The largest absolute Gasteiger partial charge is 0.508 e. The van der Waals surface area contributed by atoms with Gasteiger partial charge in [-0.2, -0.15) is 0 Å². The van der Waals surface area contributed by atoms with E-state index in [4.69, 9.17) is 10.5 Å². The second-order valence-electron chi connectivity index (χ2n) is 9.71. The second kappa shape index (κ2) is 12.2. The average molecular weight is 484 g/mol. The third kappa shape index (κ3) is 8.96. The molecule has 0 aromatic heterocycles. The van der Waals surface area contributed by atoms with E-state index in [1.165, 1.54) is 11.0 Å². The number of nitrogens with two attached hydrogens (primary N) is 1. The fourth-order valence-corrected chi connectivity index (χ4v) is 3.73. The molecule has 35 heavy (non-hydrogen) atoms. The highest BCUT2D eigenvalue weighted by atomic mass is 16.6. The lowest BCUT2D eigenvalue weighted by molar-refractivity contribution is -0.140. The fourth-order valence-electron chi connectivity index (χ4n) is 3.73. The van der Waals surface area contributed by atoms with Crippen molar-refractivity contribution in [3.8, 4) is 5.75 Å². The van der Waals surface area contributed by atoms with Crippen LogP contribution in [0.4, 0.5) is 4.79 Å². The lowest BCUT2D eigenvalue weighted by Crippen LogP contribution is -2.55. The number of amides is 3. The minimum Gasteiger partial charge on any atom is -0.508 e. The van der Waals surface area contributed by atoms with Crippen LogP contribution in [-0.4, -0.2) is 52.1 Å². The van der Waals surface area contributed by atoms with Crippen molar-refractivity contribution in [2.45, 2.75) is 71.6 Å². The number of ether oxygens (including phenoxy) is 1. The lowest BCUT2D eigenvalue weighted by Gasteiger charge is -2.32. The van der Waals surface area contributed by atoms with Crippen LogP contribution < -0.4 is 11.1 Å². The van der Waals surface area contributed by atoms with E-state index in [0.717, 1.165) is 23.1 Å². The molecule has 8 heteroatoms. The predicted molar refractivity (Wildman–Crippen MR) is 135 cm³/mol. The monoisotopic (exact) mass is 483 g/mol. The summed E-state index contributed by atoms with van der Waals surface area (Å²) in [6.45, 7) is 8.89. The molecular formula is C27H37N3O5. The normalized spacial score (nSPS) is 12.9. The molecule has 0 saturated heterocycles. The standard InChI is InChI=1S/C27H37N3O5/c1-18-16-22(31)14-13-21(18)17-23(29-26(34)35-27(3,4)5)25(33)30(19(2)24(28)32)15-9-12-20-10-7-6-8-11-20/h6-8,10-11,13-14,16,19,23,31H,9,12,15,17H2,1-5H3,(H2,28,32)(H,29,34)/t19-,23?/m1/s1. The number of rotatable bonds is 10. The molecule has 2 rings (SSSR count). The van der Waals surface area contributed by atoms with Crippen molar-refractivity contribution >= 4 is 17.9 Å². The van der Waals surface area contributed by atoms with Crippen LogP contribution in [-0.2, 0) is 27.2 Å². The molecule has 2 aromatic rings. The average Bonchev–Trinajstić information content (AvgIpc) is 2.76. The molecule has 1 unspecified atom stereocenters. The summed E-state index contributed by atoms with van der Waals surface area (Å²) >= 11 is 0. The minimum atomic E-state index is -0.994. The molecule has 3 amide bonds. The van der Waals surface area contributed by atoms with Crippen LogP contribution in [0, 0.1) is 6.92 Å². The van der Waals surface area contributed by atoms with Gasteiger partial charge in [0.1, 0.15) is 23.4 Å². The molecule has 2 aromatic carbocycles. The van der Waals surface area contributed by atoms with Crippen molar-refractivity contribution in [1.29, 1.82) is 0 Å². The SMILES string of the molecule is Cc1cc(O)ccc1CC(NC(=O)OC(C)(C)C)C(=O)N(CCCc1ccccc1)[C@H](C)C(N)=O. The molecule has 0 bridgehead atoms. The van der Waals surface area contributed by atoms with E-state index < -0.39 is 35.6 Å². The van der Waals surface area contributed by atoms with Crippen molar-refractivity contribution in [3.05, 3.63) is 65.2 Å². The number of primary amides is 1. The number of aryl methyl sites for hydroxylation is 2. The van der Waals surface area contributed by atoms with Crippen molar-refractivity contribution in [2.24, 2.45) is 5.73 Å². The van der Waals surface area contributed by atoms with Crippen LogP contribution >= 0.6 is 0 Å². The number of nitrogens with one attached hydrogen (secondary N) is 1. The van der Waals surface area contributed by atoms with Gasteiger partial charge in [-0.1, -0.05) is 36.4 Å². The van der Waals surface area contributed by atoms with Crippen LogP contribution in [0.5, 0.6) is 5.75 Å². The number of alkyl carbamates (subject to hydrolysis) is 1. The highest BCUT2D eigenvalue weighted by molar-refractivity contribution is 5.90. The van der Waals surface area contributed by atoms with Crippen molar-refractivity contribution in [1.82, 2.24) is 10.2 Å². The molecule has 0 fully saturated rings. The van der Waals surface area contributed by atoms with E-state index in [0.29, 0.717) is 13.0 Å². The topological polar surface area (TPSA) is 122 Å². The summed E-state index contributed by atoms with van der Waals surface area (Å²) in [6, 6.07) is 12.8. The van der Waals surface area contributed by atoms with E-state index in [1.807, 2.05) is 37.3 Å². The van der Waals surface area contributed by atoms with Crippen molar-refractivity contribution in [2.75, 3.05) is 6.54 Å². The van der Waals surface area contributed by atoms with Gasteiger partial charge in [0.2, 0.25) is 11.8 Å². The number of benzene rings is 2. The number of nitrogens with zero attached hydrogens (tertiary/aromatic N) is 1. The number of hydrogen-bond donors (Lipinski definition) is 3. The van der Waals surface area contributed by atoms with Crippen molar-refractivity contribution in [3.63, 3.8) is 0 Å².